The number of amides is 1. The van der Waals surface area contributed by atoms with Crippen molar-refractivity contribution in [3.05, 3.63) is 34.2 Å². The van der Waals surface area contributed by atoms with E-state index in [0.29, 0.717) is 34.0 Å². The number of esters is 1. The number of aryl methyl sites for hydroxylation is 1. The summed E-state index contributed by atoms with van der Waals surface area (Å²) in [5.41, 5.74) is -1.59. The third kappa shape index (κ3) is 4.53. The molecule has 4 fully saturated rings. The molecule has 2 atom stereocenters. The summed E-state index contributed by atoms with van der Waals surface area (Å²) in [6.07, 6.45) is 6.40. The number of hydrogen-bond donors (Lipinski definition) is 2. The fraction of sp³-hybridized carbons (Fsp3) is 0.640. The van der Waals surface area contributed by atoms with E-state index < -0.39 is 11.6 Å². The predicted octanol–water partition coefficient (Wildman–Crippen LogP) is 3.60. The van der Waals surface area contributed by atoms with Gasteiger partial charge in [0.25, 0.3) is 5.91 Å². The second-order valence-corrected chi connectivity index (χ2v) is 11.3. The van der Waals surface area contributed by atoms with Gasteiger partial charge in [-0.3, -0.25) is 4.79 Å². The number of fused-ring (bicyclic) bond motifs is 3. The zero-order chi connectivity index (χ0) is 23.8. The highest BCUT2D eigenvalue weighted by molar-refractivity contribution is 7.10. The van der Waals surface area contributed by atoms with Gasteiger partial charge < -0.3 is 24.2 Å². The van der Waals surface area contributed by atoms with Crippen molar-refractivity contribution in [2.75, 3.05) is 31.5 Å². The van der Waals surface area contributed by atoms with Crippen molar-refractivity contribution in [1.82, 2.24) is 5.16 Å². The molecule has 2 aromatic rings. The Labute approximate surface area is 203 Å². The Morgan fingerprint density at radius 1 is 1.26 bits per heavy atom. The molecule has 8 nitrogen and oxygen atoms in total. The van der Waals surface area contributed by atoms with Gasteiger partial charge in [0, 0.05) is 35.6 Å². The highest BCUT2D eigenvalue weighted by atomic mass is 32.1. The molecule has 2 bridgehead atoms. The van der Waals surface area contributed by atoms with Crippen molar-refractivity contribution in [2.45, 2.75) is 63.6 Å². The molecule has 0 aromatic carbocycles. The molecule has 0 radical (unpaired) electrons. The van der Waals surface area contributed by atoms with E-state index in [2.05, 4.69) is 10.5 Å². The monoisotopic (exact) mass is 488 g/mol. The third-order valence-corrected chi connectivity index (χ3v) is 9.07. The average Bonchev–Trinajstić information content (AvgIpc) is 3.52. The number of ether oxygens (including phenoxy) is 1. The normalized spacial score (nSPS) is 28.9. The van der Waals surface area contributed by atoms with Gasteiger partial charge in [-0.05, 0) is 31.2 Å². The first-order valence-electron chi connectivity index (χ1n) is 12.4. The van der Waals surface area contributed by atoms with Crippen molar-refractivity contribution in [3.63, 3.8) is 0 Å². The number of anilines is 1. The maximum Gasteiger partial charge on any atom is 0.344 e. The molecule has 2 N–H and O–H groups in total. The van der Waals surface area contributed by atoms with Gasteiger partial charge in [0.15, 0.2) is 24.1 Å². The van der Waals surface area contributed by atoms with Crippen LogP contribution in [-0.2, 0) is 19.9 Å². The van der Waals surface area contributed by atoms with Crippen molar-refractivity contribution < 1.29 is 28.4 Å². The summed E-state index contributed by atoms with van der Waals surface area (Å²) in [6, 6.07) is 5.42. The van der Waals surface area contributed by atoms with Crippen LogP contribution < -0.4 is 5.32 Å². The molecule has 3 aliphatic heterocycles. The van der Waals surface area contributed by atoms with Crippen LogP contribution in [0.5, 0.6) is 0 Å². The van der Waals surface area contributed by atoms with Crippen molar-refractivity contribution in [1.29, 1.82) is 0 Å². The summed E-state index contributed by atoms with van der Waals surface area (Å²) in [7, 11) is 0. The van der Waals surface area contributed by atoms with Crippen molar-refractivity contribution in [2.24, 2.45) is 11.8 Å². The second-order valence-electron chi connectivity index (χ2n) is 10.4. The molecule has 2 aromatic heterocycles. The Bertz CT molecular complexity index is 1010. The Morgan fingerprint density at radius 2 is 2.03 bits per heavy atom. The lowest BCUT2D eigenvalue weighted by Crippen LogP contribution is -2.66. The summed E-state index contributed by atoms with van der Waals surface area (Å²) in [5.74, 6) is 0.600. The summed E-state index contributed by atoms with van der Waals surface area (Å²) in [6.45, 7) is 4.48. The predicted molar refractivity (Wildman–Crippen MR) is 127 cm³/mol. The summed E-state index contributed by atoms with van der Waals surface area (Å²) >= 11 is 1.42. The zero-order valence-electron chi connectivity index (χ0n) is 19.7. The Balaban J connectivity index is 1.29. The number of nitrogens with one attached hydrogen (secondary N) is 1. The first-order valence-corrected chi connectivity index (χ1v) is 13.3. The zero-order valence-corrected chi connectivity index (χ0v) is 20.5. The van der Waals surface area contributed by atoms with E-state index in [0.717, 1.165) is 58.0 Å². The van der Waals surface area contributed by atoms with Gasteiger partial charge in [-0.25, -0.2) is 4.79 Å². The molecule has 1 aliphatic carbocycles. The standard InChI is InChI=1S/C25H33N3O5S/c1-17-14-22(27-33-17)26-23(29)16-28-11-9-18(10-12-28)20(15-28)32-24(30)25(31,21-8-5-13-34-21)19-6-3-2-4-7-19/h5,8,13-14,18-20,31H,2-4,6-7,9-12,15-16H2,1H3/p+1/t18?,20-,25?,28?/m0/s1. The van der Waals surface area contributed by atoms with Crippen LogP contribution in [0.2, 0.25) is 0 Å². The number of quaternary nitrogens is 1. The Hall–Kier alpha value is -2.23. The lowest BCUT2D eigenvalue weighted by atomic mass is 9.75. The molecule has 9 heteroatoms. The minimum atomic E-state index is -1.59. The number of aliphatic hydroxyl groups is 1. The van der Waals surface area contributed by atoms with Gasteiger partial charge in [-0.1, -0.05) is 30.5 Å². The molecule has 4 aliphatic rings. The second kappa shape index (κ2) is 9.43. The van der Waals surface area contributed by atoms with Gasteiger partial charge in [-0.15, -0.1) is 11.3 Å². The SMILES string of the molecule is Cc1cc(NC(=O)C[N+]23CCC(CC2)[C@@H](OC(=O)C(O)(c2cccs2)C2CCCCC2)C3)no1. The lowest BCUT2D eigenvalue weighted by molar-refractivity contribution is -0.939. The maximum atomic E-state index is 13.6. The number of nitrogens with zero attached hydrogens (tertiary/aromatic N) is 2. The molecular weight excluding hydrogens is 454 g/mol. The Morgan fingerprint density at radius 3 is 2.68 bits per heavy atom. The van der Waals surface area contributed by atoms with Gasteiger partial charge >= 0.3 is 5.97 Å². The number of rotatable bonds is 7. The van der Waals surface area contributed by atoms with Crippen molar-refractivity contribution >= 4 is 29.0 Å². The highest BCUT2D eigenvalue weighted by Gasteiger charge is 2.53. The van der Waals surface area contributed by atoms with Crippen LogP contribution >= 0.6 is 11.3 Å². The number of aromatic nitrogens is 1. The number of hydrogen-bond acceptors (Lipinski definition) is 7. The molecule has 5 heterocycles. The fourth-order valence-electron chi connectivity index (χ4n) is 6.20. The molecule has 6 rings (SSSR count). The smallest absolute Gasteiger partial charge is 0.344 e. The summed E-state index contributed by atoms with van der Waals surface area (Å²) < 4.78 is 11.8. The largest absolute Gasteiger partial charge is 0.454 e. The lowest BCUT2D eigenvalue weighted by Gasteiger charge is -2.52. The van der Waals surface area contributed by atoms with E-state index in [1.54, 1.807) is 13.0 Å². The molecular formula is C25H34N3O5S+. The van der Waals surface area contributed by atoms with Crippen LogP contribution in [0.4, 0.5) is 5.82 Å². The summed E-state index contributed by atoms with van der Waals surface area (Å²) in [5, 5.41) is 20.4. The van der Waals surface area contributed by atoms with Gasteiger partial charge in [0.2, 0.25) is 0 Å². The molecule has 1 saturated carbocycles. The van der Waals surface area contributed by atoms with Crippen LogP contribution in [-0.4, -0.2) is 58.9 Å². The van der Waals surface area contributed by atoms with Crippen LogP contribution in [0.1, 0.15) is 55.6 Å². The van der Waals surface area contributed by atoms with Crippen LogP contribution in [0, 0.1) is 18.8 Å². The number of carbonyl (C=O) groups excluding carboxylic acids is 2. The fourth-order valence-corrected chi connectivity index (χ4v) is 7.09. The van der Waals surface area contributed by atoms with Gasteiger partial charge in [0.1, 0.15) is 12.3 Å². The molecule has 3 saturated heterocycles. The minimum Gasteiger partial charge on any atom is -0.454 e. The van der Waals surface area contributed by atoms with Gasteiger partial charge in [-0.2, -0.15) is 0 Å². The van der Waals surface area contributed by atoms with Crippen LogP contribution in [0.3, 0.4) is 0 Å². The average molecular weight is 489 g/mol. The van der Waals surface area contributed by atoms with E-state index in [9.17, 15) is 14.7 Å². The topological polar surface area (TPSA) is 102 Å². The Kier molecular flexibility index (Phi) is 6.52. The van der Waals surface area contributed by atoms with Crippen molar-refractivity contribution in [3.8, 4) is 0 Å². The van der Waals surface area contributed by atoms with E-state index in [4.69, 9.17) is 9.26 Å². The number of piperidine rings is 3. The van der Waals surface area contributed by atoms with Gasteiger partial charge in [0.05, 0.1) is 13.1 Å². The first-order chi connectivity index (χ1) is 16.4. The molecule has 34 heavy (non-hydrogen) atoms. The molecule has 1 amide bonds. The third-order valence-electron chi connectivity index (χ3n) is 8.08. The van der Waals surface area contributed by atoms with Crippen LogP contribution in [0.25, 0.3) is 0 Å². The molecule has 0 spiro atoms. The van der Waals surface area contributed by atoms with E-state index >= 15 is 0 Å². The molecule has 184 valence electrons. The maximum absolute atomic E-state index is 13.6. The molecule has 1 unspecified atom stereocenters. The quantitative estimate of drug-likeness (QED) is 0.456. The highest BCUT2D eigenvalue weighted by Crippen LogP contribution is 2.43. The van der Waals surface area contributed by atoms with E-state index in [1.807, 2.05) is 17.5 Å². The van der Waals surface area contributed by atoms with Crippen LogP contribution in [0.15, 0.2) is 28.1 Å². The first kappa shape index (κ1) is 23.5. The van der Waals surface area contributed by atoms with E-state index in [-0.39, 0.29) is 23.8 Å². The van der Waals surface area contributed by atoms with E-state index in [1.165, 1.54) is 11.3 Å². The number of carbonyl (C=O) groups is 2. The minimum absolute atomic E-state index is 0.115. The summed E-state index contributed by atoms with van der Waals surface area (Å²) in [4.78, 5) is 27.1. The number of thiophene rings is 1.